The maximum atomic E-state index is 12.6. The van der Waals surface area contributed by atoms with Gasteiger partial charge in [0.1, 0.15) is 6.04 Å². The fraction of sp³-hybridized carbons (Fsp3) is 0.579. The fourth-order valence-electron chi connectivity index (χ4n) is 3.10. The predicted molar refractivity (Wildman–Crippen MR) is 103 cm³/mol. The third-order valence-corrected chi connectivity index (χ3v) is 4.55. The Labute approximate surface area is 156 Å². The summed E-state index contributed by atoms with van der Waals surface area (Å²) >= 11 is 0. The molecule has 0 bridgehead atoms. The number of benzene rings is 1. The first-order chi connectivity index (χ1) is 11.6. The van der Waals surface area contributed by atoms with E-state index in [0.29, 0.717) is 18.8 Å². The molecule has 1 aliphatic heterocycles. The fourth-order valence-corrected chi connectivity index (χ4v) is 3.10. The van der Waals surface area contributed by atoms with Crippen LogP contribution in [-0.4, -0.2) is 37.0 Å². The topological polar surface area (TPSA) is 70.2 Å². The minimum atomic E-state index is -0.451. The number of amides is 2. The van der Waals surface area contributed by atoms with Gasteiger partial charge in [0.25, 0.3) is 0 Å². The highest BCUT2D eigenvalue weighted by Crippen LogP contribution is 2.11. The van der Waals surface area contributed by atoms with E-state index in [0.717, 1.165) is 31.5 Å². The molecule has 0 saturated carbocycles. The second-order valence-corrected chi connectivity index (χ2v) is 6.66. The van der Waals surface area contributed by atoms with Crippen molar-refractivity contribution in [2.45, 2.75) is 51.6 Å². The van der Waals surface area contributed by atoms with Crippen molar-refractivity contribution in [1.82, 2.24) is 16.0 Å². The Morgan fingerprint density at radius 2 is 2.00 bits per heavy atom. The Bertz CT molecular complexity index is 539. The highest BCUT2D eigenvalue weighted by molar-refractivity contribution is 5.88. The van der Waals surface area contributed by atoms with Gasteiger partial charge in [-0.1, -0.05) is 50.6 Å². The standard InChI is InChI=1S/C19H29N3O2.ClH/c1-3-7-17(19(24)22-16-10-11-20-13-14(16)2)21-18(23)12-15-8-5-4-6-9-15;/h4-6,8-9,14,16-17,20H,3,7,10-13H2,1-2H3,(H,21,23)(H,22,24);1H. The maximum Gasteiger partial charge on any atom is 0.242 e. The normalized spacial score (nSPS) is 20.9. The van der Waals surface area contributed by atoms with Crippen LogP contribution in [0.5, 0.6) is 0 Å². The second kappa shape index (κ2) is 11.1. The van der Waals surface area contributed by atoms with Crippen molar-refractivity contribution in [3.8, 4) is 0 Å². The van der Waals surface area contributed by atoms with Gasteiger partial charge in [0.15, 0.2) is 0 Å². The Balaban J connectivity index is 0.00000312. The van der Waals surface area contributed by atoms with Gasteiger partial charge in [0, 0.05) is 6.04 Å². The minimum Gasteiger partial charge on any atom is -0.351 e. The van der Waals surface area contributed by atoms with Crippen LogP contribution in [0.2, 0.25) is 0 Å². The first kappa shape index (κ1) is 21.5. The quantitative estimate of drug-likeness (QED) is 0.690. The summed E-state index contributed by atoms with van der Waals surface area (Å²) in [4.78, 5) is 24.8. The zero-order valence-corrected chi connectivity index (χ0v) is 15.9. The summed E-state index contributed by atoms with van der Waals surface area (Å²) in [5, 5.41) is 9.36. The molecule has 3 N–H and O–H groups in total. The van der Waals surface area contributed by atoms with E-state index in [-0.39, 0.29) is 30.3 Å². The molecule has 3 unspecified atom stereocenters. The third kappa shape index (κ3) is 7.04. The van der Waals surface area contributed by atoms with E-state index in [1.807, 2.05) is 37.3 Å². The van der Waals surface area contributed by atoms with Gasteiger partial charge in [-0.15, -0.1) is 12.4 Å². The molecule has 0 aliphatic carbocycles. The molecule has 1 aliphatic rings. The molecular weight excluding hydrogens is 338 g/mol. The van der Waals surface area contributed by atoms with E-state index in [1.54, 1.807) is 0 Å². The SMILES string of the molecule is CCCC(NC(=O)Cc1ccccc1)C(=O)NC1CCNCC1C.Cl. The number of halogens is 1. The number of carbonyl (C=O) groups is 2. The first-order valence-corrected chi connectivity index (χ1v) is 8.94. The van der Waals surface area contributed by atoms with Crippen LogP contribution < -0.4 is 16.0 Å². The number of nitrogens with one attached hydrogen (secondary N) is 3. The Morgan fingerprint density at radius 3 is 2.64 bits per heavy atom. The number of piperidine rings is 1. The van der Waals surface area contributed by atoms with Gasteiger partial charge < -0.3 is 16.0 Å². The van der Waals surface area contributed by atoms with Crippen LogP contribution in [0.15, 0.2) is 30.3 Å². The van der Waals surface area contributed by atoms with E-state index in [4.69, 9.17) is 0 Å². The molecule has 5 nitrogen and oxygen atoms in total. The van der Waals surface area contributed by atoms with E-state index >= 15 is 0 Å². The summed E-state index contributed by atoms with van der Waals surface area (Å²) in [5.41, 5.74) is 0.956. The Hall–Kier alpha value is -1.59. The van der Waals surface area contributed by atoms with Crippen LogP contribution in [0.4, 0.5) is 0 Å². The van der Waals surface area contributed by atoms with Crippen LogP contribution in [-0.2, 0) is 16.0 Å². The number of hydrogen-bond acceptors (Lipinski definition) is 3. The monoisotopic (exact) mass is 367 g/mol. The molecule has 140 valence electrons. The average molecular weight is 368 g/mol. The molecule has 0 radical (unpaired) electrons. The lowest BCUT2D eigenvalue weighted by Crippen LogP contribution is -2.54. The summed E-state index contributed by atoms with van der Waals surface area (Å²) < 4.78 is 0. The van der Waals surface area contributed by atoms with Crippen molar-refractivity contribution in [2.24, 2.45) is 5.92 Å². The molecular formula is C19H30ClN3O2. The summed E-state index contributed by atoms with van der Waals surface area (Å²) in [6.45, 7) is 6.01. The van der Waals surface area contributed by atoms with Gasteiger partial charge in [-0.3, -0.25) is 9.59 Å². The summed E-state index contributed by atoms with van der Waals surface area (Å²) in [6, 6.07) is 9.33. The van der Waals surface area contributed by atoms with E-state index in [2.05, 4.69) is 22.9 Å². The van der Waals surface area contributed by atoms with E-state index in [9.17, 15) is 9.59 Å². The van der Waals surface area contributed by atoms with Crippen molar-refractivity contribution in [3.05, 3.63) is 35.9 Å². The Kier molecular flexibility index (Phi) is 9.53. The number of hydrogen-bond donors (Lipinski definition) is 3. The first-order valence-electron chi connectivity index (χ1n) is 8.94. The second-order valence-electron chi connectivity index (χ2n) is 6.66. The molecule has 2 amide bonds. The molecule has 1 aromatic rings. The summed E-state index contributed by atoms with van der Waals surface area (Å²) in [7, 11) is 0. The summed E-state index contributed by atoms with van der Waals surface area (Å²) in [6.07, 6.45) is 2.75. The third-order valence-electron chi connectivity index (χ3n) is 4.55. The molecule has 1 saturated heterocycles. The highest BCUT2D eigenvalue weighted by atomic mass is 35.5. The zero-order chi connectivity index (χ0) is 17.4. The summed E-state index contributed by atoms with van der Waals surface area (Å²) in [5.74, 6) is 0.246. The van der Waals surface area contributed by atoms with Crippen molar-refractivity contribution in [2.75, 3.05) is 13.1 Å². The average Bonchev–Trinajstić information content (AvgIpc) is 2.57. The number of carbonyl (C=O) groups excluding carboxylic acids is 2. The lowest BCUT2D eigenvalue weighted by Gasteiger charge is -2.31. The molecule has 1 fully saturated rings. The van der Waals surface area contributed by atoms with E-state index in [1.165, 1.54) is 0 Å². The van der Waals surface area contributed by atoms with Gasteiger partial charge in [-0.25, -0.2) is 0 Å². The van der Waals surface area contributed by atoms with Gasteiger partial charge >= 0.3 is 0 Å². The van der Waals surface area contributed by atoms with Crippen molar-refractivity contribution in [1.29, 1.82) is 0 Å². The van der Waals surface area contributed by atoms with Gasteiger partial charge in [0.2, 0.25) is 11.8 Å². The lowest BCUT2D eigenvalue weighted by molar-refractivity contribution is -0.129. The van der Waals surface area contributed by atoms with Crippen molar-refractivity contribution >= 4 is 24.2 Å². The van der Waals surface area contributed by atoms with Gasteiger partial charge in [0.05, 0.1) is 6.42 Å². The highest BCUT2D eigenvalue weighted by Gasteiger charge is 2.26. The van der Waals surface area contributed by atoms with Gasteiger partial charge in [-0.2, -0.15) is 0 Å². The molecule has 1 heterocycles. The molecule has 3 atom stereocenters. The number of rotatable bonds is 7. The van der Waals surface area contributed by atoms with E-state index < -0.39 is 6.04 Å². The van der Waals surface area contributed by atoms with Crippen LogP contribution in [0.3, 0.4) is 0 Å². The smallest absolute Gasteiger partial charge is 0.242 e. The van der Waals surface area contributed by atoms with Gasteiger partial charge in [-0.05, 0) is 37.4 Å². The minimum absolute atomic E-state index is 0. The maximum absolute atomic E-state index is 12.6. The molecule has 25 heavy (non-hydrogen) atoms. The van der Waals surface area contributed by atoms with Crippen LogP contribution in [0, 0.1) is 5.92 Å². The molecule has 2 rings (SSSR count). The lowest BCUT2D eigenvalue weighted by atomic mass is 9.95. The molecule has 0 spiro atoms. The van der Waals surface area contributed by atoms with Crippen LogP contribution in [0.25, 0.3) is 0 Å². The van der Waals surface area contributed by atoms with Crippen molar-refractivity contribution < 1.29 is 9.59 Å². The zero-order valence-electron chi connectivity index (χ0n) is 15.1. The molecule has 0 aromatic heterocycles. The largest absolute Gasteiger partial charge is 0.351 e. The Morgan fingerprint density at radius 1 is 1.28 bits per heavy atom. The predicted octanol–water partition coefficient (Wildman–Crippen LogP) is 2.05. The van der Waals surface area contributed by atoms with Crippen LogP contribution in [0.1, 0.15) is 38.7 Å². The van der Waals surface area contributed by atoms with Crippen molar-refractivity contribution in [3.63, 3.8) is 0 Å². The van der Waals surface area contributed by atoms with Crippen LogP contribution >= 0.6 is 12.4 Å². The molecule has 1 aromatic carbocycles. The molecule has 6 heteroatoms.